The number of nitrogens with two attached hydrogens (primary N) is 1. The highest BCUT2D eigenvalue weighted by atomic mass is 16.4. The summed E-state index contributed by atoms with van der Waals surface area (Å²) in [6.07, 6.45) is 2.08. The minimum atomic E-state index is -1.14. The number of nitrogens with zero attached hydrogens (tertiary/aromatic N) is 1. The van der Waals surface area contributed by atoms with Gasteiger partial charge < -0.3 is 20.2 Å². The largest absolute Gasteiger partial charge is 0.478 e. The maximum absolute atomic E-state index is 12.0. The van der Waals surface area contributed by atoms with E-state index in [9.17, 15) is 14.4 Å². The molecule has 0 bridgehead atoms. The summed E-state index contributed by atoms with van der Waals surface area (Å²) in [6.45, 7) is 0.824. The molecule has 0 spiro atoms. The fraction of sp³-hybridized carbons (Fsp3) is 0.417. The average molecular weight is 266 g/mol. The number of amides is 2. The molecule has 2 rings (SSSR count). The van der Waals surface area contributed by atoms with Crippen LogP contribution in [0, 0.1) is 5.92 Å². The maximum atomic E-state index is 12.0. The van der Waals surface area contributed by atoms with Crippen molar-refractivity contribution in [1.29, 1.82) is 0 Å². The SMILES string of the molecule is NC(=O)C1CCN(C(=O)c2cc(C(=O)O)co2)CC1. The molecule has 1 aliphatic rings. The molecule has 0 aliphatic carbocycles. The standard InChI is InChI=1S/C12H14N2O5/c13-10(15)7-1-3-14(4-2-7)11(16)9-5-8(6-19-9)12(17)18/h5-7H,1-4H2,(H2,13,15)(H,17,18). The molecule has 2 amide bonds. The zero-order valence-electron chi connectivity index (χ0n) is 10.2. The number of piperidine rings is 1. The van der Waals surface area contributed by atoms with Crippen LogP contribution in [0.5, 0.6) is 0 Å². The molecule has 0 saturated carbocycles. The zero-order chi connectivity index (χ0) is 14.0. The van der Waals surface area contributed by atoms with E-state index >= 15 is 0 Å². The number of carbonyl (C=O) groups is 3. The highest BCUT2D eigenvalue weighted by molar-refractivity contribution is 5.95. The van der Waals surface area contributed by atoms with E-state index in [2.05, 4.69) is 0 Å². The fourth-order valence-electron chi connectivity index (χ4n) is 2.08. The summed E-state index contributed by atoms with van der Waals surface area (Å²) >= 11 is 0. The van der Waals surface area contributed by atoms with Gasteiger partial charge in [-0.15, -0.1) is 0 Å². The number of aromatic carboxylic acids is 1. The minimum absolute atomic E-state index is 0.00470. The van der Waals surface area contributed by atoms with Crippen molar-refractivity contribution < 1.29 is 23.9 Å². The van der Waals surface area contributed by atoms with Crippen LogP contribution in [0.4, 0.5) is 0 Å². The molecule has 0 aromatic carbocycles. The molecule has 0 unspecified atom stereocenters. The van der Waals surface area contributed by atoms with Gasteiger partial charge in [0, 0.05) is 25.1 Å². The van der Waals surface area contributed by atoms with Gasteiger partial charge in [-0.25, -0.2) is 4.79 Å². The van der Waals surface area contributed by atoms with Gasteiger partial charge in [0.05, 0.1) is 5.56 Å². The van der Waals surface area contributed by atoms with Gasteiger partial charge in [0.1, 0.15) is 6.26 Å². The fourth-order valence-corrected chi connectivity index (χ4v) is 2.08. The van der Waals surface area contributed by atoms with Gasteiger partial charge in [-0.1, -0.05) is 0 Å². The van der Waals surface area contributed by atoms with Crippen molar-refractivity contribution in [2.24, 2.45) is 11.7 Å². The molecule has 1 aromatic heterocycles. The van der Waals surface area contributed by atoms with Crippen LogP contribution >= 0.6 is 0 Å². The second kappa shape index (κ2) is 5.13. The molecule has 1 saturated heterocycles. The topological polar surface area (TPSA) is 114 Å². The van der Waals surface area contributed by atoms with Crippen LogP contribution in [0.1, 0.15) is 33.8 Å². The molecule has 7 nitrogen and oxygen atoms in total. The maximum Gasteiger partial charge on any atom is 0.338 e. The van der Waals surface area contributed by atoms with Gasteiger partial charge in [-0.3, -0.25) is 9.59 Å². The quantitative estimate of drug-likeness (QED) is 0.817. The van der Waals surface area contributed by atoms with E-state index < -0.39 is 5.97 Å². The van der Waals surface area contributed by atoms with Crippen molar-refractivity contribution in [3.05, 3.63) is 23.7 Å². The van der Waals surface area contributed by atoms with Crippen molar-refractivity contribution in [2.75, 3.05) is 13.1 Å². The molecule has 0 atom stereocenters. The molecule has 2 heterocycles. The first-order chi connectivity index (χ1) is 8.99. The summed E-state index contributed by atoms with van der Waals surface area (Å²) in [6, 6.07) is 1.20. The van der Waals surface area contributed by atoms with E-state index in [-0.39, 0.29) is 29.1 Å². The molecule has 7 heteroatoms. The van der Waals surface area contributed by atoms with Crippen LogP contribution in [0.2, 0.25) is 0 Å². The summed E-state index contributed by atoms with van der Waals surface area (Å²) in [5.41, 5.74) is 5.15. The Balaban J connectivity index is 2.01. The van der Waals surface area contributed by atoms with E-state index in [1.807, 2.05) is 0 Å². The van der Waals surface area contributed by atoms with Crippen molar-refractivity contribution in [3.8, 4) is 0 Å². The predicted octanol–water partition coefficient (Wildman–Crippen LogP) is 0.315. The summed E-state index contributed by atoms with van der Waals surface area (Å²) in [4.78, 5) is 35.3. The van der Waals surface area contributed by atoms with Gasteiger partial charge in [0.25, 0.3) is 5.91 Å². The number of carboxylic acid groups (broad SMARTS) is 1. The van der Waals surface area contributed by atoms with Gasteiger partial charge in [-0.2, -0.15) is 0 Å². The molecule has 1 aromatic rings. The molecule has 102 valence electrons. The number of primary amides is 1. The third kappa shape index (κ3) is 2.75. The van der Waals surface area contributed by atoms with Crippen LogP contribution in [0.3, 0.4) is 0 Å². The Bertz CT molecular complexity index is 514. The Hall–Kier alpha value is -2.31. The van der Waals surface area contributed by atoms with Gasteiger partial charge in [0.2, 0.25) is 5.91 Å². The first-order valence-corrected chi connectivity index (χ1v) is 5.89. The molecule has 3 N–H and O–H groups in total. The van der Waals surface area contributed by atoms with Crippen molar-refractivity contribution >= 4 is 17.8 Å². The Morgan fingerprint density at radius 1 is 1.32 bits per heavy atom. The normalized spacial score (nSPS) is 16.3. The lowest BCUT2D eigenvalue weighted by Crippen LogP contribution is -2.41. The predicted molar refractivity (Wildman–Crippen MR) is 63.5 cm³/mol. The number of hydrogen-bond acceptors (Lipinski definition) is 4. The second-order valence-corrected chi connectivity index (χ2v) is 4.47. The van der Waals surface area contributed by atoms with Crippen LogP contribution in [-0.2, 0) is 4.79 Å². The molecule has 1 aliphatic heterocycles. The van der Waals surface area contributed by atoms with Crippen molar-refractivity contribution in [1.82, 2.24) is 4.90 Å². The molecule has 1 fully saturated rings. The van der Waals surface area contributed by atoms with Crippen molar-refractivity contribution in [2.45, 2.75) is 12.8 Å². The highest BCUT2D eigenvalue weighted by Crippen LogP contribution is 2.19. The van der Waals surface area contributed by atoms with Crippen molar-refractivity contribution in [3.63, 3.8) is 0 Å². The third-order valence-electron chi connectivity index (χ3n) is 3.24. The Morgan fingerprint density at radius 2 is 1.95 bits per heavy atom. The number of carboxylic acids is 1. The second-order valence-electron chi connectivity index (χ2n) is 4.47. The molecule has 19 heavy (non-hydrogen) atoms. The summed E-state index contributed by atoms with van der Waals surface area (Å²) in [5, 5.41) is 8.75. The Labute approximate surface area is 109 Å². The summed E-state index contributed by atoms with van der Waals surface area (Å²) < 4.78 is 4.95. The van der Waals surface area contributed by atoms with E-state index in [4.69, 9.17) is 15.3 Å². The number of rotatable bonds is 3. The monoisotopic (exact) mass is 266 g/mol. The van der Waals surface area contributed by atoms with E-state index in [1.165, 1.54) is 11.0 Å². The lowest BCUT2D eigenvalue weighted by Gasteiger charge is -2.29. The lowest BCUT2D eigenvalue weighted by molar-refractivity contribution is -0.123. The third-order valence-corrected chi connectivity index (χ3v) is 3.24. The van der Waals surface area contributed by atoms with Gasteiger partial charge in [0.15, 0.2) is 5.76 Å². The van der Waals surface area contributed by atoms with Crippen LogP contribution in [0.25, 0.3) is 0 Å². The van der Waals surface area contributed by atoms with E-state index in [0.29, 0.717) is 25.9 Å². The first-order valence-electron chi connectivity index (χ1n) is 5.89. The van der Waals surface area contributed by atoms with Crippen LogP contribution in [-0.4, -0.2) is 40.9 Å². The molecular weight excluding hydrogens is 252 g/mol. The summed E-state index contributed by atoms with van der Waals surface area (Å²) in [7, 11) is 0. The highest BCUT2D eigenvalue weighted by Gasteiger charge is 2.28. The molecular formula is C12H14N2O5. The first kappa shape index (κ1) is 13.1. The number of furan rings is 1. The number of likely N-dealkylation sites (tertiary alicyclic amines) is 1. The average Bonchev–Trinajstić information content (AvgIpc) is 2.87. The molecule has 0 radical (unpaired) electrons. The Morgan fingerprint density at radius 3 is 2.42 bits per heavy atom. The number of hydrogen-bond donors (Lipinski definition) is 2. The van der Waals surface area contributed by atoms with E-state index in [1.54, 1.807) is 0 Å². The Kier molecular flexibility index (Phi) is 3.55. The minimum Gasteiger partial charge on any atom is -0.478 e. The zero-order valence-corrected chi connectivity index (χ0v) is 10.2. The van der Waals surface area contributed by atoms with Crippen LogP contribution in [0.15, 0.2) is 16.7 Å². The van der Waals surface area contributed by atoms with E-state index in [0.717, 1.165) is 6.26 Å². The smallest absolute Gasteiger partial charge is 0.338 e. The number of carbonyl (C=O) groups excluding carboxylic acids is 2. The van der Waals surface area contributed by atoms with Gasteiger partial charge >= 0.3 is 5.97 Å². The lowest BCUT2D eigenvalue weighted by atomic mass is 9.96. The summed E-state index contributed by atoms with van der Waals surface area (Å²) in [5.74, 6) is -2.06. The van der Waals surface area contributed by atoms with Gasteiger partial charge in [-0.05, 0) is 12.8 Å². The van der Waals surface area contributed by atoms with Crippen LogP contribution < -0.4 is 5.73 Å².